The number of benzene rings is 1. The fraction of sp³-hybridized carbons (Fsp3) is 0. The smallest absolute Gasteiger partial charge is 0.106 e. The summed E-state index contributed by atoms with van der Waals surface area (Å²) in [6.07, 6.45) is 3.58. The van der Waals surface area contributed by atoms with Gasteiger partial charge in [-0.1, -0.05) is 24.4 Å². The molecule has 15 heavy (non-hydrogen) atoms. The van der Waals surface area contributed by atoms with E-state index in [4.69, 9.17) is 18.0 Å². The van der Waals surface area contributed by atoms with Crippen molar-refractivity contribution in [3.05, 3.63) is 46.7 Å². The Kier molecular flexibility index (Phi) is 2.83. The second-order valence-electron chi connectivity index (χ2n) is 2.98. The summed E-state index contributed by atoms with van der Waals surface area (Å²) in [5.74, 6) is 0. The summed E-state index contributed by atoms with van der Waals surface area (Å²) in [7, 11) is 0. The SMILES string of the molecule is NC(=S)c1ccccc1-n1cc(Br)cn1. The zero-order chi connectivity index (χ0) is 10.8. The van der Waals surface area contributed by atoms with Crippen LogP contribution in [0, 0.1) is 0 Å². The van der Waals surface area contributed by atoms with Crippen LogP contribution in [0.2, 0.25) is 0 Å². The number of hydrogen-bond donors (Lipinski definition) is 1. The Bertz CT molecular complexity index is 507. The van der Waals surface area contributed by atoms with Crippen LogP contribution in [-0.4, -0.2) is 14.8 Å². The molecule has 0 amide bonds. The highest BCUT2D eigenvalue weighted by Gasteiger charge is 2.06. The molecule has 0 unspecified atom stereocenters. The number of nitrogens with zero attached hydrogens (tertiary/aromatic N) is 2. The molecule has 0 bridgehead atoms. The van der Waals surface area contributed by atoms with Crippen molar-refractivity contribution < 1.29 is 0 Å². The third-order valence-corrected chi connectivity index (χ3v) is 2.60. The molecule has 2 aromatic rings. The molecule has 0 saturated heterocycles. The van der Waals surface area contributed by atoms with Gasteiger partial charge in [-0.15, -0.1) is 0 Å². The van der Waals surface area contributed by atoms with Crippen molar-refractivity contribution in [2.24, 2.45) is 5.73 Å². The fourth-order valence-electron chi connectivity index (χ4n) is 1.31. The summed E-state index contributed by atoms with van der Waals surface area (Å²) in [6, 6.07) is 7.63. The van der Waals surface area contributed by atoms with E-state index in [0.29, 0.717) is 4.99 Å². The molecular weight excluding hydrogens is 274 g/mol. The molecule has 0 aliphatic heterocycles. The minimum atomic E-state index is 0.372. The minimum absolute atomic E-state index is 0.372. The second-order valence-corrected chi connectivity index (χ2v) is 4.34. The number of aromatic nitrogens is 2. The highest BCUT2D eigenvalue weighted by molar-refractivity contribution is 9.10. The summed E-state index contributed by atoms with van der Waals surface area (Å²) in [4.78, 5) is 0.372. The maximum absolute atomic E-state index is 5.64. The number of nitrogens with two attached hydrogens (primary N) is 1. The number of halogens is 1. The minimum Gasteiger partial charge on any atom is -0.389 e. The highest BCUT2D eigenvalue weighted by Crippen LogP contribution is 2.16. The van der Waals surface area contributed by atoms with Crippen LogP contribution in [0.5, 0.6) is 0 Å². The van der Waals surface area contributed by atoms with Crippen LogP contribution in [0.1, 0.15) is 5.56 Å². The Hall–Kier alpha value is -1.20. The van der Waals surface area contributed by atoms with Gasteiger partial charge in [-0.25, -0.2) is 4.68 Å². The lowest BCUT2D eigenvalue weighted by atomic mass is 10.2. The molecule has 2 rings (SSSR count). The summed E-state index contributed by atoms with van der Waals surface area (Å²) in [5.41, 5.74) is 7.34. The van der Waals surface area contributed by atoms with E-state index in [1.165, 1.54) is 0 Å². The topological polar surface area (TPSA) is 43.8 Å². The molecule has 0 saturated carbocycles. The summed E-state index contributed by atoms with van der Waals surface area (Å²) in [5, 5.41) is 4.18. The van der Waals surface area contributed by atoms with Crippen LogP contribution in [0.3, 0.4) is 0 Å². The first-order valence-corrected chi connectivity index (χ1v) is 5.48. The van der Waals surface area contributed by atoms with E-state index in [1.54, 1.807) is 10.9 Å². The molecule has 76 valence electrons. The molecule has 0 aliphatic rings. The van der Waals surface area contributed by atoms with Crippen molar-refractivity contribution in [1.29, 1.82) is 0 Å². The normalized spacial score (nSPS) is 10.2. The standard InChI is InChI=1S/C10H8BrN3S/c11-7-5-13-14(6-7)9-4-2-1-3-8(9)10(12)15/h1-6H,(H2,12,15). The predicted molar refractivity (Wildman–Crippen MR) is 67.2 cm³/mol. The first-order valence-electron chi connectivity index (χ1n) is 4.28. The second kappa shape index (κ2) is 4.12. The maximum atomic E-state index is 5.64. The van der Waals surface area contributed by atoms with Gasteiger partial charge in [0.1, 0.15) is 4.99 Å². The van der Waals surface area contributed by atoms with Crippen molar-refractivity contribution in [2.45, 2.75) is 0 Å². The van der Waals surface area contributed by atoms with E-state index in [2.05, 4.69) is 21.0 Å². The average Bonchev–Trinajstić information content (AvgIpc) is 2.65. The third-order valence-electron chi connectivity index (χ3n) is 1.97. The Labute approximate surface area is 101 Å². The van der Waals surface area contributed by atoms with Crippen molar-refractivity contribution in [3.8, 4) is 5.69 Å². The first-order chi connectivity index (χ1) is 7.18. The van der Waals surface area contributed by atoms with Crippen molar-refractivity contribution >= 4 is 33.1 Å². The Morgan fingerprint density at radius 2 is 2.13 bits per heavy atom. The van der Waals surface area contributed by atoms with Gasteiger partial charge >= 0.3 is 0 Å². The fourth-order valence-corrected chi connectivity index (χ4v) is 1.77. The predicted octanol–water partition coefficient (Wildman–Crippen LogP) is 2.27. The van der Waals surface area contributed by atoms with E-state index in [1.807, 2.05) is 30.5 Å². The molecule has 0 spiro atoms. The largest absolute Gasteiger partial charge is 0.389 e. The number of hydrogen-bond acceptors (Lipinski definition) is 2. The molecule has 1 heterocycles. The average molecular weight is 282 g/mol. The Balaban J connectivity index is 2.57. The lowest BCUT2D eigenvalue weighted by Crippen LogP contribution is -2.13. The molecule has 0 aliphatic carbocycles. The van der Waals surface area contributed by atoms with Crippen LogP contribution in [0.4, 0.5) is 0 Å². The summed E-state index contributed by atoms with van der Waals surface area (Å²) >= 11 is 8.32. The van der Waals surface area contributed by atoms with Crippen molar-refractivity contribution in [2.75, 3.05) is 0 Å². The van der Waals surface area contributed by atoms with E-state index >= 15 is 0 Å². The molecule has 1 aromatic carbocycles. The maximum Gasteiger partial charge on any atom is 0.106 e. The molecule has 0 atom stereocenters. The van der Waals surface area contributed by atoms with Gasteiger partial charge in [-0.05, 0) is 28.1 Å². The summed E-state index contributed by atoms with van der Waals surface area (Å²) < 4.78 is 2.65. The zero-order valence-electron chi connectivity index (χ0n) is 7.72. The van der Waals surface area contributed by atoms with Gasteiger partial charge in [0.2, 0.25) is 0 Å². The van der Waals surface area contributed by atoms with Crippen LogP contribution in [-0.2, 0) is 0 Å². The Morgan fingerprint density at radius 3 is 2.73 bits per heavy atom. The summed E-state index contributed by atoms with van der Waals surface area (Å²) in [6.45, 7) is 0. The van der Waals surface area contributed by atoms with Crippen LogP contribution in [0.25, 0.3) is 5.69 Å². The quantitative estimate of drug-likeness (QED) is 0.859. The molecular formula is C10H8BrN3S. The lowest BCUT2D eigenvalue weighted by molar-refractivity contribution is 0.878. The molecule has 1 aromatic heterocycles. The lowest BCUT2D eigenvalue weighted by Gasteiger charge is -2.07. The number of para-hydroxylation sites is 1. The van der Waals surface area contributed by atoms with Crippen LogP contribution < -0.4 is 5.73 Å². The van der Waals surface area contributed by atoms with Gasteiger partial charge in [0, 0.05) is 11.8 Å². The van der Waals surface area contributed by atoms with Crippen LogP contribution in [0.15, 0.2) is 41.1 Å². The molecule has 2 N–H and O–H groups in total. The Morgan fingerprint density at radius 1 is 1.40 bits per heavy atom. The molecule has 5 heteroatoms. The number of thiocarbonyl (C=S) groups is 1. The van der Waals surface area contributed by atoms with E-state index in [-0.39, 0.29) is 0 Å². The number of rotatable bonds is 2. The first kappa shape index (κ1) is 10.3. The zero-order valence-corrected chi connectivity index (χ0v) is 10.1. The van der Waals surface area contributed by atoms with E-state index in [0.717, 1.165) is 15.7 Å². The monoisotopic (exact) mass is 281 g/mol. The molecule has 3 nitrogen and oxygen atoms in total. The van der Waals surface area contributed by atoms with Crippen molar-refractivity contribution in [1.82, 2.24) is 9.78 Å². The van der Waals surface area contributed by atoms with Gasteiger partial charge in [0.25, 0.3) is 0 Å². The van der Waals surface area contributed by atoms with Gasteiger partial charge in [0.15, 0.2) is 0 Å². The third kappa shape index (κ3) is 2.08. The van der Waals surface area contributed by atoms with Crippen molar-refractivity contribution in [3.63, 3.8) is 0 Å². The van der Waals surface area contributed by atoms with Crippen LogP contribution >= 0.6 is 28.1 Å². The molecule has 0 fully saturated rings. The highest BCUT2D eigenvalue weighted by atomic mass is 79.9. The van der Waals surface area contributed by atoms with Gasteiger partial charge in [-0.2, -0.15) is 5.10 Å². The molecule has 0 radical (unpaired) electrons. The van der Waals surface area contributed by atoms with Gasteiger partial charge in [-0.3, -0.25) is 0 Å². The van der Waals surface area contributed by atoms with Gasteiger partial charge in [0.05, 0.1) is 16.4 Å². The van der Waals surface area contributed by atoms with Gasteiger partial charge < -0.3 is 5.73 Å². The van der Waals surface area contributed by atoms with E-state index in [9.17, 15) is 0 Å². The van der Waals surface area contributed by atoms with E-state index < -0.39 is 0 Å².